The van der Waals surface area contributed by atoms with Gasteiger partial charge in [0.1, 0.15) is 0 Å². The van der Waals surface area contributed by atoms with Gasteiger partial charge in [0.25, 0.3) is 0 Å². The summed E-state index contributed by atoms with van der Waals surface area (Å²) >= 11 is 3.41. The van der Waals surface area contributed by atoms with Crippen LogP contribution in [0.15, 0.2) is 57.5 Å². The molecule has 4 heteroatoms. The predicted molar refractivity (Wildman–Crippen MR) is 86.0 cm³/mol. The van der Waals surface area contributed by atoms with Crippen molar-refractivity contribution in [1.29, 1.82) is 0 Å². The summed E-state index contributed by atoms with van der Waals surface area (Å²) in [5.41, 5.74) is 3.52. The maximum Gasteiger partial charge on any atom is 0.227 e. The zero-order valence-corrected chi connectivity index (χ0v) is 13.3. The van der Waals surface area contributed by atoms with Gasteiger partial charge in [-0.05, 0) is 43.2 Å². The molecule has 0 aliphatic heterocycles. The minimum absolute atomic E-state index is 0.640. The summed E-state index contributed by atoms with van der Waals surface area (Å²) < 4.78 is 6.36. The van der Waals surface area contributed by atoms with Gasteiger partial charge in [0.15, 0.2) is 0 Å². The molecule has 1 aromatic heterocycles. The van der Waals surface area contributed by atoms with Gasteiger partial charge in [-0.1, -0.05) is 50.9 Å². The normalized spacial score (nSPS) is 10.8. The Morgan fingerprint density at radius 3 is 2.38 bits per heavy atom. The first-order chi connectivity index (χ1) is 10.2. The third kappa shape index (κ3) is 3.58. The average molecular weight is 343 g/mol. The molecular formula is C17H15BrN2O. The van der Waals surface area contributed by atoms with E-state index in [1.54, 1.807) is 0 Å². The second kappa shape index (κ2) is 6.22. The van der Waals surface area contributed by atoms with Crippen LogP contribution in [0.5, 0.6) is 0 Å². The van der Waals surface area contributed by atoms with E-state index in [0.717, 1.165) is 22.9 Å². The van der Waals surface area contributed by atoms with Crippen molar-refractivity contribution in [3.8, 4) is 11.4 Å². The summed E-state index contributed by atoms with van der Waals surface area (Å²) in [6.45, 7) is 2.09. The van der Waals surface area contributed by atoms with Gasteiger partial charge in [-0.2, -0.15) is 4.98 Å². The molecule has 0 aliphatic carbocycles. The highest BCUT2D eigenvalue weighted by atomic mass is 79.9. The maximum atomic E-state index is 5.32. The van der Waals surface area contributed by atoms with Gasteiger partial charge in [-0.25, -0.2) is 0 Å². The SMILES string of the molecule is Cc1ccc(CCc2nc(-c3ccc(Br)cc3)no2)cc1. The van der Waals surface area contributed by atoms with E-state index in [4.69, 9.17) is 4.52 Å². The quantitative estimate of drug-likeness (QED) is 0.695. The minimum Gasteiger partial charge on any atom is -0.339 e. The van der Waals surface area contributed by atoms with E-state index in [-0.39, 0.29) is 0 Å². The van der Waals surface area contributed by atoms with E-state index in [1.165, 1.54) is 11.1 Å². The summed E-state index contributed by atoms with van der Waals surface area (Å²) in [7, 11) is 0. The molecular weight excluding hydrogens is 328 g/mol. The maximum absolute atomic E-state index is 5.32. The molecule has 21 heavy (non-hydrogen) atoms. The average Bonchev–Trinajstić information content (AvgIpc) is 2.96. The van der Waals surface area contributed by atoms with Gasteiger partial charge in [0.2, 0.25) is 11.7 Å². The van der Waals surface area contributed by atoms with E-state index < -0.39 is 0 Å². The van der Waals surface area contributed by atoms with E-state index >= 15 is 0 Å². The molecule has 3 nitrogen and oxygen atoms in total. The van der Waals surface area contributed by atoms with Crippen LogP contribution in [0.1, 0.15) is 17.0 Å². The number of benzene rings is 2. The van der Waals surface area contributed by atoms with Gasteiger partial charge in [-0.15, -0.1) is 0 Å². The van der Waals surface area contributed by atoms with Crippen molar-refractivity contribution < 1.29 is 4.52 Å². The first-order valence-electron chi connectivity index (χ1n) is 6.85. The highest BCUT2D eigenvalue weighted by Gasteiger charge is 2.08. The second-order valence-electron chi connectivity index (χ2n) is 5.00. The molecule has 3 aromatic rings. The Kier molecular flexibility index (Phi) is 4.15. The Morgan fingerprint density at radius 2 is 1.67 bits per heavy atom. The molecule has 0 amide bonds. The predicted octanol–water partition coefficient (Wildman–Crippen LogP) is 4.59. The Labute approximate surface area is 132 Å². The molecule has 0 unspecified atom stereocenters. The second-order valence-corrected chi connectivity index (χ2v) is 5.92. The lowest BCUT2D eigenvalue weighted by Crippen LogP contribution is -1.91. The zero-order valence-electron chi connectivity index (χ0n) is 11.7. The summed E-state index contributed by atoms with van der Waals surface area (Å²) in [5.74, 6) is 1.31. The van der Waals surface area contributed by atoms with Crippen LogP contribution in [0, 0.1) is 6.92 Å². The zero-order chi connectivity index (χ0) is 14.7. The van der Waals surface area contributed by atoms with Crippen LogP contribution < -0.4 is 0 Å². The Hall–Kier alpha value is -1.94. The molecule has 0 spiro atoms. The van der Waals surface area contributed by atoms with Crippen molar-refractivity contribution in [1.82, 2.24) is 10.1 Å². The highest BCUT2D eigenvalue weighted by Crippen LogP contribution is 2.19. The molecule has 0 fully saturated rings. The van der Waals surface area contributed by atoms with Crippen LogP contribution in [-0.2, 0) is 12.8 Å². The molecule has 0 bridgehead atoms. The fourth-order valence-electron chi connectivity index (χ4n) is 2.08. The van der Waals surface area contributed by atoms with Crippen molar-refractivity contribution in [2.75, 3.05) is 0 Å². The van der Waals surface area contributed by atoms with Crippen LogP contribution in [0.4, 0.5) is 0 Å². The third-order valence-electron chi connectivity index (χ3n) is 3.32. The summed E-state index contributed by atoms with van der Waals surface area (Å²) in [6.07, 6.45) is 1.66. The van der Waals surface area contributed by atoms with Crippen LogP contribution in [0.3, 0.4) is 0 Å². The molecule has 2 aromatic carbocycles. The van der Waals surface area contributed by atoms with Crippen molar-refractivity contribution in [2.24, 2.45) is 0 Å². The number of hydrogen-bond acceptors (Lipinski definition) is 3. The lowest BCUT2D eigenvalue weighted by atomic mass is 10.1. The monoisotopic (exact) mass is 342 g/mol. The first-order valence-corrected chi connectivity index (χ1v) is 7.64. The Balaban J connectivity index is 1.67. The van der Waals surface area contributed by atoms with E-state index in [0.29, 0.717) is 11.7 Å². The molecule has 0 radical (unpaired) electrons. The summed E-state index contributed by atoms with van der Waals surface area (Å²) in [5, 5.41) is 4.04. The number of hydrogen-bond donors (Lipinski definition) is 0. The fraction of sp³-hybridized carbons (Fsp3) is 0.176. The molecule has 0 N–H and O–H groups in total. The summed E-state index contributed by atoms with van der Waals surface area (Å²) in [4.78, 5) is 4.45. The Morgan fingerprint density at radius 1 is 0.952 bits per heavy atom. The van der Waals surface area contributed by atoms with Crippen molar-refractivity contribution in [2.45, 2.75) is 19.8 Å². The van der Waals surface area contributed by atoms with Crippen LogP contribution in [0.25, 0.3) is 11.4 Å². The van der Waals surface area contributed by atoms with Crippen molar-refractivity contribution in [3.63, 3.8) is 0 Å². The van der Waals surface area contributed by atoms with Gasteiger partial charge in [-0.3, -0.25) is 0 Å². The third-order valence-corrected chi connectivity index (χ3v) is 3.85. The minimum atomic E-state index is 0.640. The lowest BCUT2D eigenvalue weighted by molar-refractivity contribution is 0.379. The number of halogens is 1. The lowest BCUT2D eigenvalue weighted by Gasteiger charge is -1.98. The van der Waals surface area contributed by atoms with Crippen molar-refractivity contribution in [3.05, 3.63) is 70.0 Å². The molecule has 3 rings (SSSR count). The van der Waals surface area contributed by atoms with Crippen LogP contribution in [-0.4, -0.2) is 10.1 Å². The number of nitrogens with zero attached hydrogens (tertiary/aromatic N) is 2. The number of aryl methyl sites for hydroxylation is 3. The van der Waals surface area contributed by atoms with Crippen LogP contribution >= 0.6 is 15.9 Å². The Bertz CT molecular complexity index is 717. The van der Waals surface area contributed by atoms with Gasteiger partial charge < -0.3 is 4.52 Å². The fourth-order valence-corrected chi connectivity index (χ4v) is 2.34. The largest absolute Gasteiger partial charge is 0.339 e. The highest BCUT2D eigenvalue weighted by molar-refractivity contribution is 9.10. The van der Waals surface area contributed by atoms with Crippen molar-refractivity contribution >= 4 is 15.9 Å². The topological polar surface area (TPSA) is 38.9 Å². The smallest absolute Gasteiger partial charge is 0.227 e. The van der Waals surface area contributed by atoms with Gasteiger partial charge in [0, 0.05) is 16.5 Å². The van der Waals surface area contributed by atoms with E-state index in [1.807, 2.05) is 24.3 Å². The standard InChI is InChI=1S/C17H15BrN2O/c1-12-2-4-13(5-3-12)6-11-16-19-17(20-21-16)14-7-9-15(18)10-8-14/h2-5,7-10H,6,11H2,1H3. The van der Waals surface area contributed by atoms with Gasteiger partial charge >= 0.3 is 0 Å². The first kappa shape index (κ1) is 14.0. The number of aromatic nitrogens is 2. The molecule has 0 saturated heterocycles. The molecule has 0 aliphatic rings. The number of rotatable bonds is 4. The molecule has 0 saturated carbocycles. The van der Waals surface area contributed by atoms with Gasteiger partial charge in [0.05, 0.1) is 0 Å². The molecule has 1 heterocycles. The molecule has 0 atom stereocenters. The summed E-state index contributed by atoms with van der Waals surface area (Å²) in [6, 6.07) is 16.4. The molecule has 106 valence electrons. The van der Waals surface area contributed by atoms with E-state index in [9.17, 15) is 0 Å². The van der Waals surface area contributed by atoms with E-state index in [2.05, 4.69) is 57.3 Å². The van der Waals surface area contributed by atoms with Crippen LogP contribution in [0.2, 0.25) is 0 Å².